The zero-order chi connectivity index (χ0) is 17.4. The minimum atomic E-state index is -0.606. The Balaban J connectivity index is 1.66. The number of nitrogens with zero attached hydrogens (tertiary/aromatic N) is 4. The summed E-state index contributed by atoms with van der Waals surface area (Å²) in [5.74, 6) is -0.634. The third-order valence-electron chi connectivity index (χ3n) is 3.93. The molecule has 0 fully saturated rings. The Hall–Kier alpha value is -3.29. The minimum Gasteiger partial charge on any atom is -0.363 e. The Kier molecular flexibility index (Phi) is 3.64. The van der Waals surface area contributed by atoms with E-state index in [4.69, 9.17) is 0 Å². The number of anilines is 1. The van der Waals surface area contributed by atoms with E-state index in [-0.39, 0.29) is 6.04 Å². The summed E-state index contributed by atoms with van der Waals surface area (Å²) in [6.45, 7) is 1.81. The van der Waals surface area contributed by atoms with Crippen LogP contribution in [0.2, 0.25) is 0 Å². The van der Waals surface area contributed by atoms with Crippen molar-refractivity contribution < 1.29 is 8.78 Å². The lowest BCUT2D eigenvalue weighted by molar-refractivity contribution is 0.577. The van der Waals surface area contributed by atoms with Crippen LogP contribution in [0.3, 0.4) is 0 Å². The van der Waals surface area contributed by atoms with Gasteiger partial charge in [0.05, 0.1) is 18.4 Å². The highest BCUT2D eigenvalue weighted by molar-refractivity contribution is 5.76. The van der Waals surface area contributed by atoms with E-state index in [0.29, 0.717) is 17.0 Å². The summed E-state index contributed by atoms with van der Waals surface area (Å²) in [5.41, 5.74) is 2.87. The number of aromatic nitrogens is 5. The number of H-pyrrole nitrogens is 1. The number of hydrogen-bond acceptors (Lipinski definition) is 4. The summed E-state index contributed by atoms with van der Waals surface area (Å²) < 4.78 is 28.5. The Morgan fingerprint density at radius 2 is 1.96 bits per heavy atom. The number of fused-ring (bicyclic) bond motifs is 1. The lowest BCUT2D eigenvalue weighted by Crippen LogP contribution is -2.09. The van der Waals surface area contributed by atoms with Crippen molar-refractivity contribution in [3.63, 3.8) is 0 Å². The molecule has 126 valence electrons. The molecule has 0 saturated carbocycles. The number of rotatable bonds is 4. The van der Waals surface area contributed by atoms with Crippen LogP contribution in [-0.4, -0.2) is 24.8 Å². The maximum atomic E-state index is 13.4. The maximum Gasteiger partial charge on any atom is 0.165 e. The molecule has 8 heteroatoms. The summed E-state index contributed by atoms with van der Waals surface area (Å²) in [6.07, 6.45) is 6.93. The molecule has 6 nitrogen and oxygen atoms in total. The average Bonchev–Trinajstić information content (AvgIpc) is 3.22. The molecule has 1 aromatic carbocycles. The van der Waals surface area contributed by atoms with Crippen molar-refractivity contribution >= 4 is 11.5 Å². The Morgan fingerprint density at radius 3 is 2.68 bits per heavy atom. The van der Waals surface area contributed by atoms with E-state index >= 15 is 0 Å². The zero-order valence-electron chi connectivity index (χ0n) is 13.2. The largest absolute Gasteiger partial charge is 0.363 e. The van der Waals surface area contributed by atoms with E-state index in [2.05, 4.69) is 25.6 Å². The monoisotopic (exact) mass is 340 g/mol. The molecule has 3 heterocycles. The van der Waals surface area contributed by atoms with E-state index < -0.39 is 11.6 Å². The zero-order valence-corrected chi connectivity index (χ0v) is 13.2. The number of nitrogens with one attached hydrogen (secondary N) is 2. The maximum absolute atomic E-state index is 13.4. The normalized spacial score (nSPS) is 12.4. The summed E-state index contributed by atoms with van der Waals surface area (Å²) in [5, 5.41) is 14.1. The van der Waals surface area contributed by atoms with Gasteiger partial charge in [0.25, 0.3) is 0 Å². The number of benzene rings is 1. The van der Waals surface area contributed by atoms with Crippen molar-refractivity contribution in [3.05, 3.63) is 66.3 Å². The molecule has 3 aromatic heterocycles. The van der Waals surface area contributed by atoms with Gasteiger partial charge in [0.2, 0.25) is 0 Å². The van der Waals surface area contributed by atoms with Crippen molar-refractivity contribution in [1.82, 2.24) is 24.8 Å². The molecule has 0 bridgehead atoms. The van der Waals surface area contributed by atoms with Gasteiger partial charge in [-0.2, -0.15) is 10.2 Å². The number of halogens is 2. The van der Waals surface area contributed by atoms with E-state index in [1.807, 2.05) is 6.92 Å². The van der Waals surface area contributed by atoms with Gasteiger partial charge in [-0.1, -0.05) is 0 Å². The van der Waals surface area contributed by atoms with E-state index in [0.717, 1.165) is 17.2 Å². The summed E-state index contributed by atoms with van der Waals surface area (Å²) in [4.78, 5) is 4.56. The summed E-state index contributed by atoms with van der Waals surface area (Å²) >= 11 is 0. The highest BCUT2D eigenvalue weighted by atomic mass is 19.1. The summed E-state index contributed by atoms with van der Waals surface area (Å²) in [7, 11) is 0. The second-order valence-corrected chi connectivity index (χ2v) is 5.69. The van der Waals surface area contributed by atoms with E-state index in [1.165, 1.54) is 12.1 Å². The third kappa shape index (κ3) is 2.93. The van der Waals surface area contributed by atoms with Gasteiger partial charge in [0.1, 0.15) is 17.5 Å². The molecule has 0 aliphatic heterocycles. The number of aromatic amines is 1. The molecule has 2 N–H and O–H groups in total. The third-order valence-corrected chi connectivity index (χ3v) is 3.93. The first kappa shape index (κ1) is 15.3. The van der Waals surface area contributed by atoms with Gasteiger partial charge in [-0.05, 0) is 30.7 Å². The highest BCUT2D eigenvalue weighted by Crippen LogP contribution is 2.24. The first-order valence-electron chi connectivity index (χ1n) is 7.66. The minimum absolute atomic E-state index is 0.319. The van der Waals surface area contributed by atoms with Gasteiger partial charge in [0, 0.05) is 29.6 Å². The van der Waals surface area contributed by atoms with E-state index in [1.54, 1.807) is 35.4 Å². The van der Waals surface area contributed by atoms with E-state index in [9.17, 15) is 8.78 Å². The Morgan fingerprint density at radius 1 is 1.16 bits per heavy atom. The first-order chi connectivity index (χ1) is 12.1. The van der Waals surface area contributed by atoms with Crippen molar-refractivity contribution in [2.75, 3.05) is 5.32 Å². The average molecular weight is 340 g/mol. The highest BCUT2D eigenvalue weighted by Gasteiger charge is 2.12. The standard InChI is InChI=1S/C17H14F2N6/c1-10(11-4-13(18)6-14(19)5-11)23-16-2-3-25-17(24-16)15(9-22-25)12-7-20-21-8-12/h2-10H,1H3,(H,20,21)(H,23,24)/t10-/m1/s1. The van der Waals surface area contributed by atoms with Crippen molar-refractivity contribution in [2.24, 2.45) is 0 Å². The fourth-order valence-electron chi connectivity index (χ4n) is 2.68. The molecule has 0 amide bonds. The van der Waals surface area contributed by atoms with Crippen LogP contribution in [-0.2, 0) is 0 Å². The molecule has 0 aliphatic carbocycles. The van der Waals surface area contributed by atoms with Gasteiger partial charge in [-0.15, -0.1) is 0 Å². The summed E-state index contributed by atoms with van der Waals surface area (Å²) in [6, 6.07) is 4.89. The van der Waals surface area contributed by atoms with Crippen LogP contribution in [0.4, 0.5) is 14.6 Å². The topological polar surface area (TPSA) is 70.9 Å². The Labute approximate surface area is 141 Å². The van der Waals surface area contributed by atoms with Crippen molar-refractivity contribution in [2.45, 2.75) is 13.0 Å². The predicted octanol–water partition coefficient (Wildman–Crippen LogP) is 3.57. The van der Waals surface area contributed by atoms with Crippen molar-refractivity contribution in [3.8, 4) is 11.1 Å². The lowest BCUT2D eigenvalue weighted by Gasteiger charge is -2.15. The molecule has 0 unspecified atom stereocenters. The molecule has 1 atom stereocenters. The molecular formula is C17H14F2N6. The van der Waals surface area contributed by atoms with Crippen LogP contribution in [0, 0.1) is 11.6 Å². The van der Waals surface area contributed by atoms with Crippen LogP contribution in [0.25, 0.3) is 16.8 Å². The molecule has 4 rings (SSSR count). The second-order valence-electron chi connectivity index (χ2n) is 5.69. The fourth-order valence-corrected chi connectivity index (χ4v) is 2.68. The quantitative estimate of drug-likeness (QED) is 0.596. The molecular weight excluding hydrogens is 326 g/mol. The predicted molar refractivity (Wildman–Crippen MR) is 89.0 cm³/mol. The first-order valence-corrected chi connectivity index (χ1v) is 7.66. The van der Waals surface area contributed by atoms with Crippen molar-refractivity contribution in [1.29, 1.82) is 0 Å². The Bertz CT molecular complexity index is 1000. The lowest BCUT2D eigenvalue weighted by atomic mass is 10.1. The van der Waals surface area contributed by atoms with Crippen LogP contribution in [0.5, 0.6) is 0 Å². The van der Waals surface area contributed by atoms with Crippen LogP contribution < -0.4 is 5.32 Å². The van der Waals surface area contributed by atoms with Gasteiger partial charge in [-0.25, -0.2) is 18.3 Å². The second kappa shape index (κ2) is 5.97. The molecule has 25 heavy (non-hydrogen) atoms. The molecule has 0 radical (unpaired) electrons. The molecule has 0 aliphatic rings. The molecule has 4 aromatic rings. The van der Waals surface area contributed by atoms with Crippen LogP contribution in [0.15, 0.2) is 49.1 Å². The molecule has 0 spiro atoms. The van der Waals surface area contributed by atoms with Gasteiger partial charge < -0.3 is 5.32 Å². The van der Waals surface area contributed by atoms with Gasteiger partial charge in [0.15, 0.2) is 5.65 Å². The van der Waals surface area contributed by atoms with Crippen LogP contribution in [0.1, 0.15) is 18.5 Å². The fraction of sp³-hybridized carbons (Fsp3) is 0.118. The van der Waals surface area contributed by atoms with Gasteiger partial charge in [-0.3, -0.25) is 5.10 Å². The molecule has 0 saturated heterocycles. The van der Waals surface area contributed by atoms with Gasteiger partial charge >= 0.3 is 0 Å². The van der Waals surface area contributed by atoms with Crippen LogP contribution >= 0.6 is 0 Å². The SMILES string of the molecule is C[C@@H](Nc1ccn2ncc(-c3cn[nH]c3)c2n1)c1cc(F)cc(F)c1. The smallest absolute Gasteiger partial charge is 0.165 e. The number of hydrogen-bond donors (Lipinski definition) is 2.